The van der Waals surface area contributed by atoms with Gasteiger partial charge in [-0.3, -0.25) is 16.5 Å². The van der Waals surface area contributed by atoms with Gasteiger partial charge in [0.15, 0.2) is 0 Å². The lowest BCUT2D eigenvalue weighted by Gasteiger charge is -2.28. The number of carboxylic acid groups (broad SMARTS) is 1. The number of hydrogen-bond donors (Lipinski definition) is 4. The summed E-state index contributed by atoms with van der Waals surface area (Å²) in [5, 5.41) is 19.8. The Kier molecular flexibility index (Phi) is 6.60. The first-order valence-electron chi connectivity index (χ1n) is 7.29. The first kappa shape index (κ1) is 20.4. The van der Waals surface area contributed by atoms with E-state index in [1.807, 2.05) is 53.7 Å². The van der Waals surface area contributed by atoms with Crippen LogP contribution in [0.4, 0.5) is 0 Å². The molecule has 1 unspecified atom stereocenters. The Labute approximate surface area is 133 Å². The number of nitrogens with two attached hydrogens (primary N) is 2. The fourth-order valence-corrected chi connectivity index (χ4v) is 2.19. The third-order valence-electron chi connectivity index (χ3n) is 3.62. The molecule has 1 aromatic carbocycles. The summed E-state index contributed by atoms with van der Waals surface area (Å²) in [6.45, 7) is 13.8. The SMILES string of the molecule is CC(C(=O)O)c1cc(C(C)(C)C)c(O)c(C(C)(C)C)c1.NN. The Morgan fingerprint density at radius 2 is 1.32 bits per heavy atom. The molecule has 0 radical (unpaired) electrons. The highest BCUT2D eigenvalue weighted by Crippen LogP contribution is 2.41. The monoisotopic (exact) mass is 310 g/mol. The van der Waals surface area contributed by atoms with Gasteiger partial charge in [-0.15, -0.1) is 0 Å². The predicted molar refractivity (Wildman–Crippen MR) is 89.9 cm³/mol. The maximum Gasteiger partial charge on any atom is 0.310 e. The van der Waals surface area contributed by atoms with E-state index in [0.717, 1.165) is 16.7 Å². The second kappa shape index (κ2) is 7.11. The number of carboxylic acids is 1. The van der Waals surface area contributed by atoms with E-state index in [-0.39, 0.29) is 16.6 Å². The summed E-state index contributed by atoms with van der Waals surface area (Å²) in [5.74, 6) is 6.85. The zero-order chi connectivity index (χ0) is 17.9. The number of benzene rings is 1. The minimum Gasteiger partial charge on any atom is -0.507 e. The van der Waals surface area contributed by atoms with Crippen LogP contribution in [0.15, 0.2) is 12.1 Å². The Bertz CT molecular complexity index is 491. The van der Waals surface area contributed by atoms with Gasteiger partial charge in [0.2, 0.25) is 0 Å². The van der Waals surface area contributed by atoms with E-state index in [1.54, 1.807) is 6.92 Å². The molecule has 1 atom stereocenters. The molecule has 0 aliphatic carbocycles. The number of rotatable bonds is 2. The van der Waals surface area contributed by atoms with E-state index in [9.17, 15) is 15.0 Å². The summed E-state index contributed by atoms with van der Waals surface area (Å²) >= 11 is 0. The van der Waals surface area contributed by atoms with Crippen LogP contribution in [0.25, 0.3) is 0 Å². The molecule has 0 spiro atoms. The van der Waals surface area contributed by atoms with Crippen LogP contribution in [-0.4, -0.2) is 16.2 Å². The summed E-state index contributed by atoms with van der Waals surface area (Å²) in [6.07, 6.45) is 0. The van der Waals surface area contributed by atoms with Gasteiger partial charge >= 0.3 is 5.97 Å². The molecule has 0 bridgehead atoms. The van der Waals surface area contributed by atoms with Crippen molar-refractivity contribution in [1.82, 2.24) is 0 Å². The average Bonchev–Trinajstić information content (AvgIpc) is 2.37. The number of carbonyl (C=O) groups is 1. The maximum atomic E-state index is 11.2. The number of phenolic OH excluding ortho intramolecular Hbond substituents is 1. The molecule has 5 heteroatoms. The molecule has 5 nitrogen and oxygen atoms in total. The summed E-state index contributed by atoms with van der Waals surface area (Å²) < 4.78 is 0. The maximum absolute atomic E-state index is 11.2. The zero-order valence-corrected chi connectivity index (χ0v) is 14.7. The molecule has 0 aromatic heterocycles. The van der Waals surface area contributed by atoms with Gasteiger partial charge in [-0.25, -0.2) is 0 Å². The van der Waals surface area contributed by atoms with Gasteiger partial charge in [0.25, 0.3) is 0 Å². The molecule has 0 saturated carbocycles. The molecule has 1 rings (SSSR count). The van der Waals surface area contributed by atoms with E-state index in [1.165, 1.54) is 0 Å². The highest BCUT2D eigenvalue weighted by Gasteiger charge is 2.28. The van der Waals surface area contributed by atoms with E-state index in [2.05, 4.69) is 11.7 Å². The second-order valence-corrected chi connectivity index (χ2v) is 7.52. The van der Waals surface area contributed by atoms with Crippen molar-refractivity contribution < 1.29 is 15.0 Å². The molecule has 0 fully saturated rings. The Morgan fingerprint density at radius 1 is 1.00 bits per heavy atom. The third-order valence-corrected chi connectivity index (χ3v) is 3.62. The molecule has 126 valence electrons. The normalized spacial score (nSPS) is 13.1. The minimum atomic E-state index is -0.851. The average molecular weight is 310 g/mol. The van der Waals surface area contributed by atoms with Crippen molar-refractivity contribution in [3.05, 3.63) is 28.8 Å². The molecular formula is C17H30N2O3. The number of phenols is 1. The van der Waals surface area contributed by atoms with Crippen LogP contribution in [0.1, 0.15) is 71.1 Å². The first-order valence-corrected chi connectivity index (χ1v) is 7.29. The van der Waals surface area contributed by atoms with Crippen molar-refractivity contribution in [1.29, 1.82) is 0 Å². The van der Waals surface area contributed by atoms with Crippen LogP contribution < -0.4 is 11.7 Å². The van der Waals surface area contributed by atoms with Crippen molar-refractivity contribution in [3.63, 3.8) is 0 Å². The highest BCUT2D eigenvalue weighted by atomic mass is 16.4. The standard InChI is InChI=1S/C17H26O3.H4N2/c1-10(15(19)20)11-8-12(16(2,3)4)14(18)13(9-11)17(5,6)7;1-2/h8-10,18H,1-7H3,(H,19,20);1-2H2. The summed E-state index contributed by atoms with van der Waals surface area (Å²) in [6, 6.07) is 3.65. The van der Waals surface area contributed by atoms with Crippen molar-refractivity contribution in [2.45, 2.75) is 65.2 Å². The molecule has 22 heavy (non-hydrogen) atoms. The van der Waals surface area contributed by atoms with E-state index in [0.29, 0.717) is 0 Å². The van der Waals surface area contributed by atoms with Crippen molar-refractivity contribution in [2.24, 2.45) is 11.7 Å². The van der Waals surface area contributed by atoms with Crippen LogP contribution in [0.3, 0.4) is 0 Å². The Balaban J connectivity index is 0.00000211. The molecule has 0 saturated heterocycles. The molecule has 0 aliphatic heterocycles. The van der Waals surface area contributed by atoms with Gasteiger partial charge in [0, 0.05) is 0 Å². The smallest absolute Gasteiger partial charge is 0.310 e. The Hall–Kier alpha value is -1.59. The fourth-order valence-electron chi connectivity index (χ4n) is 2.19. The van der Waals surface area contributed by atoms with Crippen molar-refractivity contribution in [2.75, 3.05) is 0 Å². The van der Waals surface area contributed by atoms with Crippen molar-refractivity contribution >= 4 is 5.97 Å². The molecule has 6 N–H and O–H groups in total. The molecule has 0 heterocycles. The number of hydrogen-bond acceptors (Lipinski definition) is 4. The highest BCUT2D eigenvalue weighted by molar-refractivity contribution is 5.76. The predicted octanol–water partition coefficient (Wildman–Crippen LogP) is 2.99. The summed E-state index contributed by atoms with van der Waals surface area (Å²) in [5.41, 5.74) is 1.86. The van der Waals surface area contributed by atoms with Gasteiger partial charge in [-0.2, -0.15) is 0 Å². The summed E-state index contributed by atoms with van der Waals surface area (Å²) in [4.78, 5) is 11.2. The quantitative estimate of drug-likeness (QED) is 0.496. The lowest BCUT2D eigenvalue weighted by atomic mass is 9.77. The zero-order valence-electron chi connectivity index (χ0n) is 14.7. The van der Waals surface area contributed by atoms with Gasteiger partial charge < -0.3 is 10.2 Å². The van der Waals surface area contributed by atoms with Crippen molar-refractivity contribution in [3.8, 4) is 5.75 Å². The van der Waals surface area contributed by atoms with Gasteiger partial charge in [-0.05, 0) is 34.4 Å². The largest absolute Gasteiger partial charge is 0.507 e. The van der Waals surface area contributed by atoms with Gasteiger partial charge in [0.05, 0.1) is 5.92 Å². The Morgan fingerprint density at radius 3 is 1.55 bits per heavy atom. The molecule has 0 aliphatic rings. The summed E-state index contributed by atoms with van der Waals surface area (Å²) in [7, 11) is 0. The topological polar surface area (TPSA) is 110 Å². The first-order chi connectivity index (χ1) is 9.85. The molecule has 1 aromatic rings. The van der Waals surface area contributed by atoms with Crippen LogP contribution in [-0.2, 0) is 15.6 Å². The second-order valence-electron chi connectivity index (χ2n) is 7.52. The molecular weight excluding hydrogens is 280 g/mol. The molecule has 0 amide bonds. The van der Waals surface area contributed by atoms with E-state index in [4.69, 9.17) is 0 Å². The van der Waals surface area contributed by atoms with Crippen LogP contribution in [0, 0.1) is 0 Å². The van der Waals surface area contributed by atoms with Crippen LogP contribution in [0.2, 0.25) is 0 Å². The van der Waals surface area contributed by atoms with Crippen LogP contribution in [0.5, 0.6) is 5.75 Å². The number of aromatic hydroxyl groups is 1. The number of hydrazine groups is 1. The van der Waals surface area contributed by atoms with Gasteiger partial charge in [-0.1, -0.05) is 53.7 Å². The lowest BCUT2D eigenvalue weighted by molar-refractivity contribution is -0.138. The number of aliphatic carboxylic acids is 1. The van der Waals surface area contributed by atoms with E-state index >= 15 is 0 Å². The van der Waals surface area contributed by atoms with Crippen LogP contribution >= 0.6 is 0 Å². The third kappa shape index (κ3) is 4.71. The lowest BCUT2D eigenvalue weighted by Crippen LogP contribution is -2.19. The van der Waals surface area contributed by atoms with E-state index < -0.39 is 11.9 Å². The van der Waals surface area contributed by atoms with Gasteiger partial charge in [0.1, 0.15) is 5.75 Å². The fraction of sp³-hybridized carbons (Fsp3) is 0.588. The minimum absolute atomic E-state index is 0.238.